The summed E-state index contributed by atoms with van der Waals surface area (Å²) in [5, 5.41) is 6.25. The van der Waals surface area contributed by atoms with E-state index in [0.29, 0.717) is 18.8 Å². The van der Waals surface area contributed by atoms with E-state index in [1.54, 1.807) is 0 Å². The molecule has 0 radical (unpaired) electrons. The molecule has 0 saturated heterocycles. The van der Waals surface area contributed by atoms with Crippen LogP contribution in [-0.4, -0.2) is 36.4 Å². The minimum Gasteiger partial charge on any atom is -0.263 e. The third-order valence-electron chi connectivity index (χ3n) is 1.19. The van der Waals surface area contributed by atoms with E-state index in [2.05, 4.69) is 19.9 Å². The van der Waals surface area contributed by atoms with Crippen LogP contribution in [0.5, 0.6) is 0 Å². The Morgan fingerprint density at radius 1 is 1.67 bits per heavy atom. The first-order valence-corrected chi connectivity index (χ1v) is 5.26. The molecule has 0 aliphatic heterocycles. The molecule has 0 fully saturated rings. The van der Waals surface area contributed by atoms with Gasteiger partial charge < -0.3 is 0 Å². The smallest absolute Gasteiger partial charge is 0.208 e. The van der Waals surface area contributed by atoms with Crippen LogP contribution >= 0.6 is 0 Å². The fourth-order valence-electron chi connectivity index (χ4n) is 0.706. The van der Waals surface area contributed by atoms with Gasteiger partial charge in [-0.05, 0) is 0 Å². The third kappa shape index (κ3) is 3.44. The van der Waals surface area contributed by atoms with Gasteiger partial charge in [0.25, 0.3) is 0 Å². The molecule has 0 bridgehead atoms. The number of rotatable bonds is 4. The van der Waals surface area contributed by atoms with E-state index >= 15 is 0 Å². The highest BCUT2D eigenvalue weighted by Gasteiger charge is 2.00. The van der Waals surface area contributed by atoms with E-state index < -0.39 is 10.0 Å². The molecule has 7 heteroatoms. The van der Waals surface area contributed by atoms with Crippen LogP contribution in [0.4, 0.5) is 0 Å². The van der Waals surface area contributed by atoms with Gasteiger partial charge in [0.2, 0.25) is 10.0 Å². The molecule has 0 aliphatic rings. The Bertz CT molecular complexity index is 317. The number of hydrogen-bond donors (Lipinski definition) is 2. The largest absolute Gasteiger partial charge is 0.263 e. The second kappa shape index (κ2) is 3.63. The average Bonchev–Trinajstić information content (AvgIpc) is 2.36. The Morgan fingerprint density at radius 2 is 2.42 bits per heavy atom. The Hall–Kier alpha value is -0.950. The lowest BCUT2D eigenvalue weighted by atomic mass is 10.4. The summed E-state index contributed by atoms with van der Waals surface area (Å²) >= 11 is 0. The molecule has 1 heterocycles. The maximum atomic E-state index is 10.6. The summed E-state index contributed by atoms with van der Waals surface area (Å²) in [6.07, 6.45) is 3.02. The summed E-state index contributed by atoms with van der Waals surface area (Å²) in [5.41, 5.74) is 0. The molecule has 1 rings (SSSR count). The van der Waals surface area contributed by atoms with Crippen molar-refractivity contribution in [2.24, 2.45) is 0 Å². The van der Waals surface area contributed by atoms with Gasteiger partial charge in [0.1, 0.15) is 12.2 Å². The minimum absolute atomic E-state index is 0.341. The van der Waals surface area contributed by atoms with Gasteiger partial charge in [-0.2, -0.15) is 5.10 Å². The fourth-order valence-corrected chi connectivity index (χ4v) is 1.18. The van der Waals surface area contributed by atoms with Crippen LogP contribution in [0.25, 0.3) is 0 Å². The fraction of sp³-hybridized carbons (Fsp3) is 0.600. The van der Waals surface area contributed by atoms with Crippen molar-refractivity contribution in [1.29, 1.82) is 0 Å². The normalized spacial score (nSPS) is 11.8. The van der Waals surface area contributed by atoms with E-state index in [1.165, 1.54) is 6.33 Å². The molecular formula is C5H10N4O2S. The zero-order valence-electron chi connectivity index (χ0n) is 6.61. The maximum absolute atomic E-state index is 10.6. The Kier molecular flexibility index (Phi) is 2.77. The van der Waals surface area contributed by atoms with Gasteiger partial charge in [-0.1, -0.05) is 0 Å². The predicted molar refractivity (Wildman–Crippen MR) is 42.9 cm³/mol. The molecule has 0 spiro atoms. The molecule has 12 heavy (non-hydrogen) atoms. The standard InChI is InChI=1S/C5H10N4O2S/c1-12(10,11)8-3-2-5-6-4-7-9-5/h4,8H,2-3H2,1H3,(H,6,7,9). The molecule has 1 aromatic rings. The van der Waals surface area contributed by atoms with Crippen LogP contribution in [0.3, 0.4) is 0 Å². The first-order valence-electron chi connectivity index (χ1n) is 3.37. The number of hydrogen-bond acceptors (Lipinski definition) is 4. The summed E-state index contributed by atoms with van der Waals surface area (Å²) in [7, 11) is -3.09. The topological polar surface area (TPSA) is 87.7 Å². The Morgan fingerprint density at radius 3 is 2.92 bits per heavy atom. The summed E-state index contributed by atoms with van der Waals surface area (Å²) in [6, 6.07) is 0. The molecular weight excluding hydrogens is 180 g/mol. The van der Waals surface area contributed by atoms with E-state index in [0.717, 1.165) is 6.26 Å². The van der Waals surface area contributed by atoms with Crippen LogP contribution in [0.1, 0.15) is 5.82 Å². The number of aromatic nitrogens is 3. The first-order chi connectivity index (χ1) is 5.58. The molecule has 0 amide bonds. The number of aromatic amines is 1. The van der Waals surface area contributed by atoms with Gasteiger partial charge in [-0.15, -0.1) is 0 Å². The van der Waals surface area contributed by atoms with Gasteiger partial charge in [-0.25, -0.2) is 18.1 Å². The lowest BCUT2D eigenvalue weighted by Gasteiger charge is -1.98. The number of nitrogens with one attached hydrogen (secondary N) is 2. The van der Waals surface area contributed by atoms with Crippen LogP contribution in [-0.2, 0) is 16.4 Å². The van der Waals surface area contributed by atoms with E-state index in [4.69, 9.17) is 0 Å². The summed E-state index contributed by atoms with van der Waals surface area (Å²) in [5.74, 6) is 0.672. The van der Waals surface area contributed by atoms with Crippen molar-refractivity contribution in [3.05, 3.63) is 12.2 Å². The van der Waals surface area contributed by atoms with Crippen LogP contribution in [0, 0.1) is 0 Å². The molecule has 68 valence electrons. The molecule has 2 N–H and O–H groups in total. The van der Waals surface area contributed by atoms with Crippen molar-refractivity contribution in [3.8, 4) is 0 Å². The zero-order chi connectivity index (χ0) is 9.03. The van der Waals surface area contributed by atoms with Crippen molar-refractivity contribution in [2.45, 2.75) is 6.42 Å². The number of nitrogens with zero attached hydrogens (tertiary/aromatic N) is 2. The molecule has 0 atom stereocenters. The summed E-state index contributed by atoms with van der Waals surface area (Å²) in [4.78, 5) is 3.83. The van der Waals surface area contributed by atoms with Crippen molar-refractivity contribution in [1.82, 2.24) is 19.9 Å². The summed E-state index contributed by atoms with van der Waals surface area (Å²) in [6.45, 7) is 0.341. The first kappa shape index (κ1) is 9.14. The second-order valence-corrected chi connectivity index (χ2v) is 4.18. The van der Waals surface area contributed by atoms with Gasteiger partial charge >= 0.3 is 0 Å². The molecule has 0 aromatic carbocycles. The number of H-pyrrole nitrogens is 1. The maximum Gasteiger partial charge on any atom is 0.208 e. The minimum atomic E-state index is -3.09. The monoisotopic (exact) mass is 190 g/mol. The lowest BCUT2D eigenvalue weighted by Crippen LogP contribution is -2.24. The van der Waals surface area contributed by atoms with Crippen LogP contribution < -0.4 is 4.72 Å². The highest BCUT2D eigenvalue weighted by molar-refractivity contribution is 7.88. The van der Waals surface area contributed by atoms with Crippen LogP contribution in [0.15, 0.2) is 6.33 Å². The van der Waals surface area contributed by atoms with Crippen molar-refractivity contribution >= 4 is 10.0 Å². The van der Waals surface area contributed by atoms with Crippen molar-refractivity contribution in [2.75, 3.05) is 12.8 Å². The Balaban J connectivity index is 2.29. The third-order valence-corrected chi connectivity index (χ3v) is 1.92. The zero-order valence-corrected chi connectivity index (χ0v) is 7.43. The van der Waals surface area contributed by atoms with Gasteiger partial charge in [0.15, 0.2) is 0 Å². The molecule has 0 saturated carbocycles. The second-order valence-electron chi connectivity index (χ2n) is 2.35. The van der Waals surface area contributed by atoms with Crippen molar-refractivity contribution < 1.29 is 8.42 Å². The molecule has 1 aromatic heterocycles. The SMILES string of the molecule is CS(=O)(=O)NCCc1ncn[nH]1. The van der Waals surface area contributed by atoms with Gasteiger partial charge in [-0.3, -0.25) is 5.10 Å². The van der Waals surface area contributed by atoms with Gasteiger partial charge in [0.05, 0.1) is 6.26 Å². The quantitative estimate of drug-likeness (QED) is 0.630. The van der Waals surface area contributed by atoms with Crippen molar-refractivity contribution in [3.63, 3.8) is 0 Å². The summed E-state index contributed by atoms with van der Waals surface area (Å²) < 4.78 is 23.5. The van der Waals surface area contributed by atoms with Crippen LogP contribution in [0.2, 0.25) is 0 Å². The molecule has 0 aliphatic carbocycles. The highest BCUT2D eigenvalue weighted by atomic mass is 32.2. The average molecular weight is 190 g/mol. The van der Waals surface area contributed by atoms with Gasteiger partial charge in [0, 0.05) is 13.0 Å². The Labute approximate surface area is 70.5 Å². The van der Waals surface area contributed by atoms with E-state index in [1.807, 2.05) is 0 Å². The molecule has 0 unspecified atom stereocenters. The lowest BCUT2D eigenvalue weighted by molar-refractivity contribution is 0.587. The van der Waals surface area contributed by atoms with E-state index in [-0.39, 0.29) is 0 Å². The van der Waals surface area contributed by atoms with E-state index in [9.17, 15) is 8.42 Å². The highest BCUT2D eigenvalue weighted by Crippen LogP contribution is 1.85. The number of sulfonamides is 1. The predicted octanol–water partition coefficient (Wildman–Crippen LogP) is -1.10. The molecule has 6 nitrogen and oxygen atoms in total.